The third-order valence-corrected chi connectivity index (χ3v) is 5.89. The third kappa shape index (κ3) is 2.08. The molecule has 0 rings (SSSR count). The molecule has 0 spiro atoms. The molecule has 0 radical (unpaired) electrons. The molecule has 0 unspecified atom stereocenters. The van der Waals surface area contributed by atoms with Crippen LogP contribution >= 0.6 is 27.5 Å². The van der Waals surface area contributed by atoms with Crippen LogP contribution in [0.3, 0.4) is 0 Å². The molecule has 0 amide bonds. The summed E-state index contributed by atoms with van der Waals surface area (Å²) in [7, 11) is -3.47. The standard InChI is InChI=1S/C4H8BrClO3S/c1-3(7)4(5,6)10(2,8)9/h3,7H,1-2H3/t3-,4-/m1/s1. The van der Waals surface area contributed by atoms with E-state index in [0.717, 1.165) is 6.26 Å². The first-order valence-corrected chi connectivity index (χ1v) is 5.51. The lowest BCUT2D eigenvalue weighted by atomic mass is 10.5. The van der Waals surface area contributed by atoms with Crippen molar-refractivity contribution in [2.75, 3.05) is 6.26 Å². The number of halogens is 2. The quantitative estimate of drug-likeness (QED) is 0.735. The maximum atomic E-state index is 10.8. The van der Waals surface area contributed by atoms with E-state index in [2.05, 4.69) is 15.9 Å². The van der Waals surface area contributed by atoms with E-state index >= 15 is 0 Å². The number of rotatable bonds is 2. The van der Waals surface area contributed by atoms with E-state index in [1.165, 1.54) is 6.92 Å². The van der Waals surface area contributed by atoms with Crippen LogP contribution in [-0.4, -0.2) is 29.0 Å². The summed E-state index contributed by atoms with van der Waals surface area (Å²) in [6.07, 6.45) is -0.203. The molecule has 0 saturated carbocycles. The van der Waals surface area contributed by atoms with Gasteiger partial charge in [0.1, 0.15) is 0 Å². The molecule has 0 aromatic heterocycles. The smallest absolute Gasteiger partial charge is 0.224 e. The Kier molecular flexibility index (Phi) is 3.17. The van der Waals surface area contributed by atoms with Gasteiger partial charge in [-0.15, -0.1) is 0 Å². The Hall–Kier alpha value is 0.680. The molecule has 0 aromatic rings. The summed E-state index contributed by atoms with van der Waals surface area (Å²) in [6, 6.07) is 0. The number of hydrogen-bond donors (Lipinski definition) is 1. The second-order valence-electron chi connectivity index (χ2n) is 2.01. The van der Waals surface area contributed by atoms with Gasteiger partial charge in [0.15, 0.2) is 9.84 Å². The molecule has 3 nitrogen and oxygen atoms in total. The van der Waals surface area contributed by atoms with Gasteiger partial charge < -0.3 is 5.11 Å². The second-order valence-corrected chi connectivity index (χ2v) is 7.25. The van der Waals surface area contributed by atoms with E-state index in [1.807, 2.05) is 0 Å². The molecule has 2 atom stereocenters. The van der Waals surface area contributed by atoms with Gasteiger partial charge in [0.2, 0.25) is 3.12 Å². The Balaban J connectivity index is 4.76. The molecular formula is C4H8BrClO3S. The highest BCUT2D eigenvalue weighted by Gasteiger charge is 2.40. The Morgan fingerprint density at radius 2 is 2.00 bits per heavy atom. The van der Waals surface area contributed by atoms with Crippen molar-refractivity contribution in [3.8, 4) is 0 Å². The van der Waals surface area contributed by atoms with Gasteiger partial charge in [-0.1, -0.05) is 11.6 Å². The fourth-order valence-electron chi connectivity index (χ4n) is 0.310. The van der Waals surface area contributed by atoms with Crippen LogP contribution < -0.4 is 0 Å². The Labute approximate surface area is 73.4 Å². The average molecular weight is 252 g/mol. The molecule has 0 bridgehead atoms. The molecule has 0 fully saturated rings. The van der Waals surface area contributed by atoms with E-state index in [9.17, 15) is 8.42 Å². The molecule has 0 aliphatic rings. The summed E-state index contributed by atoms with van der Waals surface area (Å²) in [4.78, 5) is 0. The molecule has 0 aromatic carbocycles. The van der Waals surface area contributed by atoms with Crippen LogP contribution in [0.25, 0.3) is 0 Å². The van der Waals surface area contributed by atoms with Crippen LogP contribution in [-0.2, 0) is 9.84 Å². The van der Waals surface area contributed by atoms with Crippen molar-refractivity contribution in [2.24, 2.45) is 0 Å². The van der Waals surface area contributed by atoms with Crippen molar-refractivity contribution < 1.29 is 13.5 Å². The fourth-order valence-corrected chi connectivity index (χ4v) is 0.929. The molecule has 0 aliphatic heterocycles. The summed E-state index contributed by atoms with van der Waals surface area (Å²) in [5.41, 5.74) is 0. The van der Waals surface area contributed by atoms with E-state index in [4.69, 9.17) is 16.7 Å². The zero-order chi connectivity index (χ0) is 8.58. The van der Waals surface area contributed by atoms with Gasteiger partial charge >= 0.3 is 0 Å². The topological polar surface area (TPSA) is 54.4 Å². The van der Waals surface area contributed by atoms with Crippen molar-refractivity contribution in [1.29, 1.82) is 0 Å². The van der Waals surface area contributed by atoms with E-state index in [1.54, 1.807) is 0 Å². The largest absolute Gasteiger partial charge is 0.390 e. The monoisotopic (exact) mass is 250 g/mol. The Morgan fingerprint density at radius 3 is 2.00 bits per heavy atom. The number of alkyl halides is 2. The minimum Gasteiger partial charge on any atom is -0.390 e. The first-order chi connectivity index (χ1) is 4.19. The lowest BCUT2D eigenvalue weighted by Crippen LogP contribution is -2.35. The van der Waals surface area contributed by atoms with Gasteiger partial charge in [-0.05, 0) is 22.9 Å². The SMILES string of the molecule is C[C@@H](O)[C@](Cl)(Br)S(C)(=O)=O. The van der Waals surface area contributed by atoms with Gasteiger partial charge in [0.25, 0.3) is 0 Å². The van der Waals surface area contributed by atoms with Gasteiger partial charge in [0, 0.05) is 6.26 Å². The number of aliphatic hydroxyl groups is 1. The first kappa shape index (κ1) is 10.7. The molecule has 0 aliphatic carbocycles. The van der Waals surface area contributed by atoms with Crippen LogP contribution in [0.15, 0.2) is 0 Å². The maximum Gasteiger partial charge on any atom is 0.224 e. The Morgan fingerprint density at radius 1 is 1.70 bits per heavy atom. The minimum atomic E-state index is -3.47. The normalized spacial score (nSPS) is 21.7. The van der Waals surface area contributed by atoms with Crippen molar-refractivity contribution in [1.82, 2.24) is 0 Å². The van der Waals surface area contributed by atoms with Crippen LogP contribution in [0.2, 0.25) is 0 Å². The molecule has 10 heavy (non-hydrogen) atoms. The minimum absolute atomic E-state index is 0.946. The molecule has 0 saturated heterocycles. The number of sulfone groups is 1. The highest BCUT2D eigenvalue weighted by molar-refractivity contribution is 9.12. The van der Waals surface area contributed by atoms with Crippen molar-refractivity contribution >= 4 is 37.4 Å². The van der Waals surface area contributed by atoms with Gasteiger partial charge in [-0.25, -0.2) is 8.42 Å². The highest BCUT2D eigenvalue weighted by Crippen LogP contribution is 2.33. The maximum absolute atomic E-state index is 10.8. The number of aliphatic hydroxyl groups excluding tert-OH is 1. The lowest BCUT2D eigenvalue weighted by molar-refractivity contribution is 0.202. The van der Waals surface area contributed by atoms with Crippen LogP contribution in [0.1, 0.15) is 6.92 Å². The predicted octanol–water partition coefficient (Wildman–Crippen LogP) is 0.699. The summed E-state index contributed by atoms with van der Waals surface area (Å²) in [5, 5.41) is 8.86. The Bertz CT molecular complexity index is 209. The zero-order valence-electron chi connectivity index (χ0n) is 5.51. The summed E-state index contributed by atoms with van der Waals surface area (Å²) >= 11 is 8.12. The molecule has 62 valence electrons. The summed E-state index contributed by atoms with van der Waals surface area (Å²) < 4.78 is 19.8. The van der Waals surface area contributed by atoms with E-state index in [-0.39, 0.29) is 0 Å². The van der Waals surface area contributed by atoms with Crippen molar-refractivity contribution in [2.45, 2.75) is 16.1 Å². The second kappa shape index (κ2) is 2.97. The summed E-state index contributed by atoms with van der Waals surface area (Å²) in [5.74, 6) is 0. The fraction of sp³-hybridized carbons (Fsp3) is 1.00. The summed E-state index contributed by atoms with van der Waals surface area (Å²) in [6.45, 7) is 1.29. The van der Waals surface area contributed by atoms with Crippen LogP contribution in [0.5, 0.6) is 0 Å². The molecule has 6 heteroatoms. The van der Waals surface area contributed by atoms with Gasteiger partial charge in [-0.2, -0.15) is 0 Å². The number of hydrogen-bond acceptors (Lipinski definition) is 3. The average Bonchev–Trinajstić information content (AvgIpc) is 1.62. The van der Waals surface area contributed by atoms with Crippen LogP contribution in [0.4, 0.5) is 0 Å². The molecular weight excluding hydrogens is 243 g/mol. The van der Waals surface area contributed by atoms with Crippen LogP contribution in [0, 0.1) is 0 Å². The predicted molar refractivity (Wildman–Crippen MR) is 44.0 cm³/mol. The zero-order valence-corrected chi connectivity index (χ0v) is 8.66. The lowest BCUT2D eigenvalue weighted by Gasteiger charge is -2.20. The molecule has 1 N–H and O–H groups in total. The van der Waals surface area contributed by atoms with E-state index in [0.29, 0.717) is 0 Å². The van der Waals surface area contributed by atoms with Crippen molar-refractivity contribution in [3.05, 3.63) is 0 Å². The van der Waals surface area contributed by atoms with E-state index < -0.39 is 19.1 Å². The van der Waals surface area contributed by atoms with Gasteiger partial charge in [0.05, 0.1) is 6.10 Å². The van der Waals surface area contributed by atoms with Crippen molar-refractivity contribution in [3.63, 3.8) is 0 Å². The third-order valence-electron chi connectivity index (χ3n) is 0.981. The first-order valence-electron chi connectivity index (χ1n) is 2.45. The highest BCUT2D eigenvalue weighted by atomic mass is 79.9. The van der Waals surface area contributed by atoms with Gasteiger partial charge in [-0.3, -0.25) is 0 Å². The molecule has 0 heterocycles.